The minimum Gasteiger partial charge on any atom is -0.345 e. The number of aromatic nitrogens is 4. The second-order valence-corrected chi connectivity index (χ2v) is 13.4. The van der Waals surface area contributed by atoms with Crippen LogP contribution < -0.4 is 5.32 Å². The van der Waals surface area contributed by atoms with Gasteiger partial charge in [-0.1, -0.05) is 75.9 Å². The number of aliphatic imine (C=N–C) groups is 1. The average Bonchev–Trinajstić information content (AvgIpc) is 3.62. The van der Waals surface area contributed by atoms with Gasteiger partial charge in [0.15, 0.2) is 5.82 Å². The maximum Gasteiger partial charge on any atom is 0.275 e. The summed E-state index contributed by atoms with van der Waals surface area (Å²) in [4.78, 5) is 34.5. The summed E-state index contributed by atoms with van der Waals surface area (Å²) in [5.41, 5.74) is 1.77. The Kier molecular flexibility index (Phi) is 9.48. The minimum absolute atomic E-state index is 0.0327. The van der Waals surface area contributed by atoms with Gasteiger partial charge in [-0.15, -0.1) is 10.2 Å². The number of H-pyrrole nitrogens is 1. The van der Waals surface area contributed by atoms with Crippen LogP contribution in [-0.4, -0.2) is 48.7 Å². The zero-order valence-electron chi connectivity index (χ0n) is 25.9. The van der Waals surface area contributed by atoms with Gasteiger partial charge in [0.05, 0.1) is 17.6 Å². The zero-order valence-corrected chi connectivity index (χ0v) is 26.6. The van der Waals surface area contributed by atoms with Crippen LogP contribution in [0.15, 0.2) is 47.5 Å². The third kappa shape index (κ3) is 6.70. The van der Waals surface area contributed by atoms with E-state index in [4.69, 9.17) is 16.6 Å². The predicted molar refractivity (Wildman–Crippen MR) is 168 cm³/mol. The van der Waals surface area contributed by atoms with Crippen LogP contribution in [0, 0.1) is 17.2 Å². The number of carbonyl (C=O) groups excluding carboxylic acids is 2. The molecule has 1 atom stereocenters. The van der Waals surface area contributed by atoms with E-state index in [0.717, 1.165) is 56.9 Å². The molecule has 0 bridgehead atoms. The van der Waals surface area contributed by atoms with Crippen LogP contribution in [-0.2, 0) is 11.3 Å². The zero-order chi connectivity index (χ0) is 31.5. The summed E-state index contributed by atoms with van der Waals surface area (Å²) in [6.45, 7) is 9.14. The lowest BCUT2D eigenvalue weighted by Crippen LogP contribution is -2.51. The fraction of sp³-hybridized carbons (Fsp3) is 0.515. The van der Waals surface area contributed by atoms with Crippen molar-refractivity contribution < 1.29 is 14.0 Å². The van der Waals surface area contributed by atoms with Crippen molar-refractivity contribution in [2.45, 2.75) is 97.3 Å². The van der Waals surface area contributed by atoms with Gasteiger partial charge in [0.1, 0.15) is 17.2 Å². The summed E-state index contributed by atoms with van der Waals surface area (Å²) in [6, 6.07) is 11.6. The molecular formula is C33H41ClFN7O2. The average molecular weight is 622 g/mol. The molecule has 44 heavy (non-hydrogen) atoms. The molecule has 2 heterocycles. The number of carbonyl (C=O) groups is 2. The van der Waals surface area contributed by atoms with E-state index in [1.54, 1.807) is 18.2 Å². The Balaban J connectivity index is 1.48. The summed E-state index contributed by atoms with van der Waals surface area (Å²) >= 11 is 6.16. The van der Waals surface area contributed by atoms with Gasteiger partial charge in [0, 0.05) is 11.1 Å². The Morgan fingerprint density at radius 2 is 1.89 bits per heavy atom. The summed E-state index contributed by atoms with van der Waals surface area (Å²) in [5.74, 6) is -0.0311. The summed E-state index contributed by atoms with van der Waals surface area (Å²) in [5, 5.41) is 16.4. The lowest BCUT2D eigenvalue weighted by molar-refractivity contribution is -0.133. The smallest absolute Gasteiger partial charge is 0.275 e. The predicted octanol–water partition coefficient (Wildman–Crippen LogP) is 6.81. The highest BCUT2D eigenvalue weighted by Crippen LogP contribution is 2.50. The normalized spacial score (nSPS) is 21.0. The number of tetrazole rings is 1. The first-order chi connectivity index (χ1) is 21.0. The van der Waals surface area contributed by atoms with E-state index >= 15 is 0 Å². The highest BCUT2D eigenvalue weighted by molar-refractivity contribution is 6.47. The molecule has 5 rings (SSSR count). The van der Waals surface area contributed by atoms with Crippen LogP contribution in [0.3, 0.4) is 0 Å². The Morgan fingerprint density at radius 3 is 2.50 bits per heavy atom. The number of amides is 2. The fourth-order valence-electron chi connectivity index (χ4n) is 6.58. The van der Waals surface area contributed by atoms with E-state index in [2.05, 4.69) is 53.6 Å². The Labute approximate surface area is 263 Å². The molecule has 0 saturated heterocycles. The minimum atomic E-state index is -0.702. The van der Waals surface area contributed by atoms with Crippen molar-refractivity contribution >= 4 is 29.1 Å². The third-order valence-electron chi connectivity index (χ3n) is 9.14. The van der Waals surface area contributed by atoms with E-state index in [-0.39, 0.29) is 34.8 Å². The van der Waals surface area contributed by atoms with E-state index in [9.17, 15) is 14.0 Å². The molecule has 1 spiro atoms. The molecule has 11 heteroatoms. The molecule has 0 unspecified atom stereocenters. The van der Waals surface area contributed by atoms with Gasteiger partial charge in [-0.25, -0.2) is 4.39 Å². The number of hydrogen-bond donors (Lipinski definition) is 2. The first kappa shape index (κ1) is 31.8. The summed E-state index contributed by atoms with van der Waals surface area (Å²) < 4.78 is 14.1. The van der Waals surface area contributed by atoms with Gasteiger partial charge >= 0.3 is 0 Å². The highest BCUT2D eigenvalue weighted by atomic mass is 35.5. The number of aromatic amines is 1. The van der Waals surface area contributed by atoms with Crippen molar-refractivity contribution in [3.8, 4) is 0 Å². The molecule has 2 N–H and O–H groups in total. The standard InChI is InChI=1S/C33H41ClFN7O2/c1-5-6-7-8-27(21-9-11-22(12-10-21)30(43)36-20-28-38-40-41-39-28)42-31(44)29(23-13-14-26(35)25(34)19-23)37-33(42)17-15-24(16-18-33)32(2,3)4/h9-14,19,24,27H,5-8,15-18,20H2,1-4H3,(H,36,43)(H,38,39,40,41)/t24?,27-,33?/m1/s1. The third-order valence-corrected chi connectivity index (χ3v) is 9.43. The van der Waals surface area contributed by atoms with Gasteiger partial charge in [0.2, 0.25) is 0 Å². The molecule has 1 saturated carbocycles. The van der Waals surface area contributed by atoms with Crippen molar-refractivity contribution in [1.29, 1.82) is 0 Å². The monoisotopic (exact) mass is 621 g/mol. The molecule has 1 aliphatic heterocycles. The van der Waals surface area contributed by atoms with Crippen molar-refractivity contribution in [2.75, 3.05) is 0 Å². The van der Waals surface area contributed by atoms with Crippen LogP contribution in [0.5, 0.6) is 0 Å². The van der Waals surface area contributed by atoms with E-state index in [1.807, 2.05) is 17.0 Å². The van der Waals surface area contributed by atoms with E-state index in [1.165, 1.54) is 12.1 Å². The molecule has 9 nitrogen and oxygen atoms in total. The fourth-order valence-corrected chi connectivity index (χ4v) is 6.76. The number of rotatable bonds is 10. The highest BCUT2D eigenvalue weighted by Gasteiger charge is 2.52. The van der Waals surface area contributed by atoms with E-state index in [0.29, 0.717) is 28.6 Å². The van der Waals surface area contributed by atoms with Crippen LogP contribution in [0.1, 0.15) is 112 Å². The quantitative estimate of drug-likeness (QED) is 0.241. The van der Waals surface area contributed by atoms with Gasteiger partial charge in [-0.3, -0.25) is 14.6 Å². The number of benzene rings is 2. The van der Waals surface area contributed by atoms with Crippen LogP contribution in [0.2, 0.25) is 5.02 Å². The van der Waals surface area contributed by atoms with Gasteiger partial charge < -0.3 is 10.2 Å². The molecule has 3 aromatic rings. The Hall–Kier alpha value is -3.66. The molecule has 2 amide bonds. The number of nitrogens with one attached hydrogen (secondary N) is 2. The summed E-state index contributed by atoms with van der Waals surface area (Å²) in [6.07, 6.45) is 7.20. The Bertz CT molecular complexity index is 1490. The number of unbranched alkanes of at least 4 members (excludes halogenated alkanes) is 2. The second-order valence-electron chi connectivity index (χ2n) is 13.0. The molecule has 2 aliphatic rings. The van der Waals surface area contributed by atoms with Gasteiger partial charge in [-0.05, 0) is 79.3 Å². The lowest BCUT2D eigenvalue weighted by atomic mass is 9.69. The molecular weight excluding hydrogens is 581 g/mol. The number of nitrogens with zero attached hydrogens (tertiary/aromatic N) is 5. The number of hydrogen-bond acceptors (Lipinski definition) is 6. The Morgan fingerprint density at radius 1 is 1.16 bits per heavy atom. The maximum absolute atomic E-state index is 14.4. The largest absolute Gasteiger partial charge is 0.345 e. The van der Waals surface area contributed by atoms with Crippen LogP contribution >= 0.6 is 11.6 Å². The van der Waals surface area contributed by atoms with E-state index < -0.39 is 11.5 Å². The molecule has 1 aromatic heterocycles. The first-order valence-corrected chi connectivity index (χ1v) is 15.9. The molecule has 1 fully saturated rings. The SMILES string of the molecule is CCCCC[C@H](c1ccc(C(=O)NCc2nn[nH]n2)cc1)N1C(=O)C(c2ccc(F)c(Cl)c2)=NC12CCC(C(C)(C)C)CC2. The first-order valence-electron chi connectivity index (χ1n) is 15.5. The van der Waals surface area contributed by atoms with Gasteiger partial charge in [-0.2, -0.15) is 5.21 Å². The van der Waals surface area contributed by atoms with Crippen molar-refractivity contribution in [3.63, 3.8) is 0 Å². The van der Waals surface area contributed by atoms with Crippen LogP contribution in [0.25, 0.3) is 0 Å². The van der Waals surface area contributed by atoms with Crippen molar-refractivity contribution in [1.82, 2.24) is 30.8 Å². The molecule has 234 valence electrons. The number of halogens is 2. The topological polar surface area (TPSA) is 116 Å². The molecule has 0 radical (unpaired) electrons. The lowest BCUT2D eigenvalue weighted by Gasteiger charge is -2.47. The second kappa shape index (κ2) is 13.1. The summed E-state index contributed by atoms with van der Waals surface area (Å²) in [7, 11) is 0. The van der Waals surface area contributed by atoms with Gasteiger partial charge in [0.25, 0.3) is 11.8 Å². The van der Waals surface area contributed by atoms with Crippen LogP contribution in [0.4, 0.5) is 4.39 Å². The van der Waals surface area contributed by atoms with Crippen molar-refractivity contribution in [2.24, 2.45) is 16.3 Å². The molecule has 1 aliphatic carbocycles. The maximum atomic E-state index is 14.4. The van der Waals surface area contributed by atoms with Crippen molar-refractivity contribution in [3.05, 3.63) is 75.8 Å². The molecule has 2 aromatic carbocycles.